The summed E-state index contributed by atoms with van der Waals surface area (Å²) in [6, 6.07) is 4.91. The Labute approximate surface area is 279 Å². The molecule has 0 aliphatic heterocycles. The van der Waals surface area contributed by atoms with Crippen LogP contribution < -0.4 is 4.74 Å². The number of esters is 1. The van der Waals surface area contributed by atoms with Crippen molar-refractivity contribution >= 4 is 68.7 Å². The minimum atomic E-state index is -4.58. The molecular weight excluding hydrogens is 713 g/mol. The number of hydrogen-bond donors (Lipinski definition) is 0. The summed E-state index contributed by atoms with van der Waals surface area (Å²) in [7, 11) is -4.58. The molecule has 7 nitrogen and oxygen atoms in total. The van der Waals surface area contributed by atoms with Gasteiger partial charge in [-0.25, -0.2) is 22.4 Å². The molecule has 0 aliphatic rings. The Morgan fingerprint density at radius 3 is 1.72 bits per heavy atom. The van der Waals surface area contributed by atoms with Gasteiger partial charge in [-0.1, -0.05) is 71.1 Å². The largest absolute Gasteiger partial charge is 0.416 e. The smallest absolute Gasteiger partial charge is 0.369 e. The minimum Gasteiger partial charge on any atom is -0.416 e. The Bertz CT molecular complexity index is 1650. The minimum absolute atomic E-state index is 0.0471. The highest BCUT2D eigenvalue weighted by Gasteiger charge is 2.39. The van der Waals surface area contributed by atoms with Crippen molar-refractivity contribution in [2.75, 3.05) is 24.7 Å². The standard InChI is InChI=1S/C30H31F6O7PS3/c1-29(2,3)27(38)45-11-9-41-44(40,42-10-12-46-28(39)30(4,5)6)25(36)15-7-8-17-16(13-15)14-18(47-17)26(37)43-24-22(34)20(32)19(31)21(33)23(24)35/h7-8,13-14,25H,9-12H2,1-6H3. The van der Waals surface area contributed by atoms with E-state index in [2.05, 4.69) is 4.74 Å². The van der Waals surface area contributed by atoms with Crippen molar-refractivity contribution in [2.24, 2.45) is 10.8 Å². The van der Waals surface area contributed by atoms with Crippen LogP contribution in [0.15, 0.2) is 24.3 Å². The van der Waals surface area contributed by atoms with Crippen LogP contribution in [-0.2, 0) is 23.2 Å². The molecule has 0 radical (unpaired) electrons. The van der Waals surface area contributed by atoms with E-state index in [1.54, 1.807) is 41.5 Å². The molecule has 0 N–H and O–H groups in total. The zero-order chi connectivity index (χ0) is 35.5. The Hall–Kier alpha value is -2.36. The van der Waals surface area contributed by atoms with E-state index < -0.39 is 65.1 Å². The number of thiophene rings is 1. The van der Waals surface area contributed by atoms with E-state index in [4.69, 9.17) is 9.05 Å². The van der Waals surface area contributed by atoms with Crippen LogP contribution in [-0.4, -0.2) is 40.9 Å². The van der Waals surface area contributed by atoms with E-state index in [0.29, 0.717) is 16.0 Å². The molecule has 0 bridgehead atoms. The van der Waals surface area contributed by atoms with Gasteiger partial charge in [-0.2, -0.15) is 8.78 Å². The summed E-state index contributed by atoms with van der Waals surface area (Å²) >= 11 is 2.55. The Balaban J connectivity index is 1.82. The number of thioether (sulfide) groups is 2. The zero-order valence-electron chi connectivity index (χ0n) is 26.0. The van der Waals surface area contributed by atoms with E-state index in [1.165, 1.54) is 18.2 Å². The first-order valence-electron chi connectivity index (χ1n) is 13.8. The lowest BCUT2D eigenvalue weighted by Crippen LogP contribution is -2.18. The number of ether oxygens (including phenoxy) is 1. The van der Waals surface area contributed by atoms with E-state index in [9.17, 15) is 40.9 Å². The third-order valence-corrected chi connectivity index (χ3v) is 11.6. The summed E-state index contributed by atoms with van der Waals surface area (Å²) in [4.78, 5) is 36.7. The lowest BCUT2D eigenvalue weighted by molar-refractivity contribution is -0.118. The van der Waals surface area contributed by atoms with Gasteiger partial charge in [0.2, 0.25) is 40.7 Å². The predicted molar refractivity (Wildman–Crippen MR) is 170 cm³/mol. The number of carbonyl (C=O) groups is 3. The fourth-order valence-electron chi connectivity index (χ4n) is 3.51. The van der Waals surface area contributed by atoms with E-state index in [1.807, 2.05) is 0 Å². The molecule has 0 spiro atoms. The number of alkyl halides is 1. The van der Waals surface area contributed by atoms with E-state index >= 15 is 4.39 Å². The van der Waals surface area contributed by atoms with Gasteiger partial charge in [-0.15, -0.1) is 11.3 Å². The molecule has 1 unspecified atom stereocenters. The molecule has 3 aromatic rings. The first-order chi connectivity index (χ1) is 21.7. The lowest BCUT2D eigenvalue weighted by atomic mass is 9.99. The average molecular weight is 745 g/mol. The Morgan fingerprint density at radius 2 is 1.26 bits per heavy atom. The maximum Gasteiger partial charge on any atom is 0.369 e. The third-order valence-electron chi connectivity index (χ3n) is 6.06. The summed E-state index contributed by atoms with van der Waals surface area (Å²) in [5.41, 5.74) is -1.51. The second kappa shape index (κ2) is 15.5. The maximum atomic E-state index is 16.0. The number of carbonyl (C=O) groups excluding carboxylic acids is 3. The molecule has 0 amide bonds. The van der Waals surface area contributed by atoms with Gasteiger partial charge < -0.3 is 13.8 Å². The third kappa shape index (κ3) is 9.63. The lowest BCUT2D eigenvalue weighted by Gasteiger charge is -2.23. The van der Waals surface area contributed by atoms with Crippen molar-refractivity contribution in [1.82, 2.24) is 0 Å². The van der Waals surface area contributed by atoms with Gasteiger partial charge in [-0.3, -0.25) is 14.2 Å². The molecule has 0 saturated carbocycles. The molecule has 0 fully saturated rings. The molecule has 0 aliphatic carbocycles. The van der Waals surface area contributed by atoms with Gasteiger partial charge in [0.1, 0.15) is 4.88 Å². The van der Waals surface area contributed by atoms with Crippen LogP contribution in [0.3, 0.4) is 0 Å². The second-order valence-electron chi connectivity index (χ2n) is 12.0. The number of halogens is 6. The molecule has 1 aromatic heterocycles. The number of rotatable bonds is 12. The molecule has 2 aromatic carbocycles. The summed E-state index contributed by atoms with van der Waals surface area (Å²) < 4.78 is 114. The molecule has 1 heterocycles. The first-order valence-corrected chi connectivity index (χ1v) is 18.2. The van der Waals surface area contributed by atoms with E-state index in [-0.39, 0.29) is 50.8 Å². The van der Waals surface area contributed by atoms with Crippen molar-refractivity contribution in [3.05, 3.63) is 63.8 Å². The fraction of sp³-hybridized carbons (Fsp3) is 0.433. The van der Waals surface area contributed by atoms with E-state index in [0.717, 1.165) is 29.6 Å². The van der Waals surface area contributed by atoms with Crippen molar-refractivity contribution in [3.8, 4) is 5.75 Å². The zero-order valence-corrected chi connectivity index (χ0v) is 29.4. The van der Waals surface area contributed by atoms with Crippen molar-refractivity contribution in [2.45, 2.75) is 47.5 Å². The Kier molecular flexibility index (Phi) is 12.9. The predicted octanol–water partition coefficient (Wildman–Crippen LogP) is 9.62. The summed E-state index contributed by atoms with van der Waals surface area (Å²) in [5.74, 6) is -17.2. The second-order valence-corrected chi connectivity index (χ2v) is 17.3. The SMILES string of the molecule is CC(C)(C)C(=O)SCCOP(=O)(OCCSC(=O)C(C)(C)C)C(F)c1ccc2sc(C(=O)Oc3c(F)c(F)c(F)c(F)c3F)cc2c1. The van der Waals surface area contributed by atoms with Crippen LogP contribution >= 0.6 is 42.5 Å². The summed E-state index contributed by atoms with van der Waals surface area (Å²) in [6.07, 6.45) is 0. The number of benzene rings is 2. The maximum absolute atomic E-state index is 16.0. The average Bonchev–Trinajstić information content (AvgIpc) is 3.43. The van der Waals surface area contributed by atoms with Crippen LogP contribution in [0, 0.1) is 39.9 Å². The van der Waals surface area contributed by atoms with Crippen molar-refractivity contribution in [1.29, 1.82) is 0 Å². The molecule has 17 heteroatoms. The monoisotopic (exact) mass is 744 g/mol. The van der Waals surface area contributed by atoms with Crippen LogP contribution in [0.2, 0.25) is 0 Å². The fourth-order valence-corrected chi connectivity index (χ4v) is 7.80. The van der Waals surface area contributed by atoms with Crippen LogP contribution in [0.25, 0.3) is 10.1 Å². The summed E-state index contributed by atoms with van der Waals surface area (Å²) in [5, 5.41) is -0.143. The molecule has 47 heavy (non-hydrogen) atoms. The molecule has 3 rings (SSSR count). The highest BCUT2D eigenvalue weighted by Crippen LogP contribution is 2.62. The molecule has 0 saturated heterocycles. The van der Waals surface area contributed by atoms with Gasteiger partial charge in [-0.05, 0) is 29.1 Å². The van der Waals surface area contributed by atoms with Crippen LogP contribution in [0.1, 0.15) is 62.7 Å². The topological polar surface area (TPSA) is 96.0 Å². The highest BCUT2D eigenvalue weighted by molar-refractivity contribution is 8.14. The number of fused-ring (bicyclic) bond motifs is 1. The number of hydrogen-bond acceptors (Lipinski definition) is 10. The highest BCUT2D eigenvalue weighted by atomic mass is 32.2. The van der Waals surface area contributed by atoms with Gasteiger partial charge in [0.15, 0.2) is 10.2 Å². The molecular formula is C30H31F6O7PS3. The first kappa shape index (κ1) is 39.1. The van der Waals surface area contributed by atoms with Crippen molar-refractivity contribution < 1.29 is 59.1 Å². The van der Waals surface area contributed by atoms with Gasteiger partial charge in [0.25, 0.3) is 0 Å². The Morgan fingerprint density at radius 1 is 0.787 bits per heavy atom. The van der Waals surface area contributed by atoms with Crippen molar-refractivity contribution in [3.63, 3.8) is 0 Å². The quantitative estimate of drug-likeness (QED) is 0.0342. The van der Waals surface area contributed by atoms with Crippen LogP contribution in [0.5, 0.6) is 5.75 Å². The van der Waals surface area contributed by atoms with Gasteiger partial charge in [0.05, 0.1) is 13.2 Å². The van der Waals surface area contributed by atoms with Gasteiger partial charge >= 0.3 is 13.6 Å². The molecule has 258 valence electrons. The van der Waals surface area contributed by atoms with Crippen LogP contribution in [0.4, 0.5) is 26.3 Å². The normalized spacial score (nSPS) is 13.2. The van der Waals surface area contributed by atoms with Gasteiger partial charge in [0, 0.05) is 27.0 Å². The molecule has 1 atom stereocenters. The summed E-state index contributed by atoms with van der Waals surface area (Å²) in [6.45, 7) is 9.68.